The number of halogens is 1. The molecule has 3 atom stereocenters. The second kappa shape index (κ2) is 7.71. The molecule has 0 spiro atoms. The molecule has 0 bridgehead atoms. The van der Waals surface area contributed by atoms with Crippen molar-refractivity contribution in [1.82, 2.24) is 20.0 Å². The van der Waals surface area contributed by atoms with Crippen LogP contribution in [0.4, 0.5) is 4.39 Å². The van der Waals surface area contributed by atoms with Crippen molar-refractivity contribution in [2.24, 2.45) is 18.7 Å². The zero-order valence-corrected chi connectivity index (χ0v) is 16.6. The number of carbonyl (C=O) groups excluding carboxylic acids is 2. The lowest BCUT2D eigenvalue weighted by atomic mass is 9.91. The average Bonchev–Trinajstić information content (AvgIpc) is 3.04. The molecule has 0 radical (unpaired) electrons. The van der Waals surface area contributed by atoms with E-state index in [9.17, 15) is 14.0 Å². The van der Waals surface area contributed by atoms with Gasteiger partial charge in [0.2, 0.25) is 11.8 Å². The molecule has 1 fully saturated rings. The lowest BCUT2D eigenvalue weighted by molar-refractivity contribution is -0.127. The Kier molecular flexibility index (Phi) is 5.51. The highest BCUT2D eigenvalue weighted by Crippen LogP contribution is 2.39. The second-order valence-corrected chi connectivity index (χ2v) is 7.42. The lowest BCUT2D eigenvalue weighted by Crippen LogP contribution is -2.37. The van der Waals surface area contributed by atoms with Gasteiger partial charge in [-0.25, -0.2) is 4.39 Å². The van der Waals surface area contributed by atoms with Crippen molar-refractivity contribution in [3.8, 4) is 0 Å². The van der Waals surface area contributed by atoms with E-state index >= 15 is 0 Å². The first-order chi connectivity index (χ1) is 13.2. The van der Waals surface area contributed by atoms with E-state index in [0.717, 1.165) is 17.0 Å². The SMILES string of the molecule is Cc1nn(C)c(C)c1[C@H]1[C@H](CNC(C(N)=O)c2ccc(F)cc2)CC(=O)N1C. The van der Waals surface area contributed by atoms with Crippen LogP contribution in [-0.2, 0) is 16.6 Å². The van der Waals surface area contributed by atoms with E-state index < -0.39 is 11.9 Å². The smallest absolute Gasteiger partial charge is 0.239 e. The highest BCUT2D eigenvalue weighted by atomic mass is 19.1. The third-order valence-electron chi connectivity index (χ3n) is 5.63. The zero-order valence-electron chi connectivity index (χ0n) is 16.6. The van der Waals surface area contributed by atoms with Crippen LogP contribution in [-0.4, -0.2) is 40.1 Å². The Morgan fingerprint density at radius 3 is 2.50 bits per heavy atom. The number of hydrogen-bond acceptors (Lipinski definition) is 4. The van der Waals surface area contributed by atoms with Crippen LogP contribution in [0, 0.1) is 25.6 Å². The standard InChI is InChI=1S/C20H26FN5O2/c1-11-17(12(2)26(4)24-11)19-14(9-16(27)25(19)3)10-23-18(20(22)28)13-5-7-15(21)8-6-13/h5-8,14,18-19,23H,9-10H2,1-4H3,(H2,22,28)/t14-,18?,19+/m0/s1. The van der Waals surface area contributed by atoms with Crippen molar-refractivity contribution >= 4 is 11.8 Å². The lowest BCUT2D eigenvalue weighted by Gasteiger charge is -2.27. The Morgan fingerprint density at radius 1 is 1.32 bits per heavy atom. The molecule has 7 nitrogen and oxygen atoms in total. The molecule has 1 saturated heterocycles. The van der Waals surface area contributed by atoms with Crippen molar-refractivity contribution in [1.29, 1.82) is 0 Å². The fourth-order valence-electron chi connectivity index (χ4n) is 4.09. The molecule has 3 N–H and O–H groups in total. The first kappa shape index (κ1) is 20.0. The molecular formula is C20H26FN5O2. The summed E-state index contributed by atoms with van der Waals surface area (Å²) in [6.07, 6.45) is 0.372. The van der Waals surface area contributed by atoms with Gasteiger partial charge in [0, 0.05) is 44.2 Å². The molecular weight excluding hydrogens is 361 g/mol. The van der Waals surface area contributed by atoms with Gasteiger partial charge in [-0.1, -0.05) is 12.1 Å². The van der Waals surface area contributed by atoms with Gasteiger partial charge in [-0.05, 0) is 31.5 Å². The molecule has 0 aliphatic carbocycles. The molecule has 1 aliphatic rings. The summed E-state index contributed by atoms with van der Waals surface area (Å²) in [7, 11) is 3.68. The van der Waals surface area contributed by atoms with Crippen LogP contribution in [0.1, 0.15) is 41.0 Å². The molecule has 1 aromatic heterocycles. The number of carbonyl (C=O) groups is 2. The fraction of sp³-hybridized carbons (Fsp3) is 0.450. The van der Waals surface area contributed by atoms with Crippen molar-refractivity contribution in [2.45, 2.75) is 32.4 Å². The molecule has 28 heavy (non-hydrogen) atoms. The Balaban J connectivity index is 1.83. The van der Waals surface area contributed by atoms with E-state index in [2.05, 4.69) is 10.4 Å². The van der Waals surface area contributed by atoms with Crippen LogP contribution in [0.25, 0.3) is 0 Å². The number of amides is 2. The molecule has 2 amide bonds. The van der Waals surface area contributed by atoms with Gasteiger partial charge in [-0.3, -0.25) is 14.3 Å². The maximum absolute atomic E-state index is 13.2. The highest BCUT2D eigenvalue weighted by molar-refractivity contribution is 5.81. The molecule has 1 unspecified atom stereocenters. The maximum atomic E-state index is 13.2. The largest absolute Gasteiger partial charge is 0.368 e. The van der Waals surface area contributed by atoms with Gasteiger partial charge >= 0.3 is 0 Å². The number of aryl methyl sites for hydroxylation is 2. The monoisotopic (exact) mass is 387 g/mol. The second-order valence-electron chi connectivity index (χ2n) is 7.42. The number of hydrogen-bond donors (Lipinski definition) is 2. The molecule has 150 valence electrons. The number of nitrogens with two attached hydrogens (primary N) is 1. The normalized spacial score (nSPS) is 20.6. The summed E-state index contributed by atoms with van der Waals surface area (Å²) in [5.41, 5.74) is 9.10. The highest BCUT2D eigenvalue weighted by Gasteiger charge is 2.41. The number of benzene rings is 1. The fourth-order valence-corrected chi connectivity index (χ4v) is 4.09. The Hall–Kier alpha value is -2.74. The van der Waals surface area contributed by atoms with Gasteiger partial charge in [-0.2, -0.15) is 5.10 Å². The minimum atomic E-state index is -0.752. The van der Waals surface area contributed by atoms with Crippen LogP contribution < -0.4 is 11.1 Å². The van der Waals surface area contributed by atoms with Crippen LogP contribution in [0.15, 0.2) is 24.3 Å². The van der Waals surface area contributed by atoms with Gasteiger partial charge in [-0.15, -0.1) is 0 Å². The van der Waals surface area contributed by atoms with Gasteiger partial charge in [0.1, 0.15) is 11.9 Å². The third kappa shape index (κ3) is 3.64. The number of nitrogens with zero attached hydrogens (tertiary/aromatic N) is 3. The topological polar surface area (TPSA) is 93.2 Å². The number of primary amides is 1. The minimum Gasteiger partial charge on any atom is -0.368 e. The molecule has 2 heterocycles. The predicted molar refractivity (Wildman–Crippen MR) is 103 cm³/mol. The summed E-state index contributed by atoms with van der Waals surface area (Å²) in [5.74, 6) is -0.912. The molecule has 1 aliphatic heterocycles. The van der Waals surface area contributed by atoms with E-state index in [1.807, 2.05) is 25.6 Å². The van der Waals surface area contributed by atoms with Crippen LogP contribution in [0.2, 0.25) is 0 Å². The van der Waals surface area contributed by atoms with Crippen LogP contribution in [0.5, 0.6) is 0 Å². The number of aromatic nitrogens is 2. The molecule has 1 aromatic carbocycles. The van der Waals surface area contributed by atoms with Crippen LogP contribution >= 0.6 is 0 Å². The first-order valence-electron chi connectivity index (χ1n) is 9.24. The van der Waals surface area contributed by atoms with E-state index in [1.165, 1.54) is 24.3 Å². The quantitative estimate of drug-likeness (QED) is 0.786. The molecule has 3 rings (SSSR count). The van der Waals surface area contributed by atoms with Gasteiger partial charge in [0.05, 0.1) is 11.7 Å². The van der Waals surface area contributed by atoms with Gasteiger partial charge < -0.3 is 16.0 Å². The third-order valence-corrected chi connectivity index (χ3v) is 5.63. The summed E-state index contributed by atoms with van der Waals surface area (Å²) in [5, 5.41) is 7.66. The molecule has 8 heteroatoms. The molecule has 2 aromatic rings. The Bertz CT molecular complexity index is 893. The summed E-state index contributed by atoms with van der Waals surface area (Å²) in [6.45, 7) is 4.34. The Labute approximate surface area is 163 Å². The van der Waals surface area contributed by atoms with E-state index in [1.54, 1.807) is 11.9 Å². The Morgan fingerprint density at radius 2 is 1.96 bits per heavy atom. The van der Waals surface area contributed by atoms with E-state index in [4.69, 9.17) is 5.73 Å². The van der Waals surface area contributed by atoms with Crippen molar-refractivity contribution in [3.63, 3.8) is 0 Å². The zero-order chi connectivity index (χ0) is 20.6. The predicted octanol–water partition coefficient (Wildman–Crippen LogP) is 1.51. The average molecular weight is 387 g/mol. The van der Waals surface area contributed by atoms with Gasteiger partial charge in [0.15, 0.2) is 0 Å². The summed E-state index contributed by atoms with van der Waals surface area (Å²) < 4.78 is 15.0. The van der Waals surface area contributed by atoms with E-state index in [0.29, 0.717) is 18.5 Å². The number of likely N-dealkylation sites (tertiary alicyclic amines) is 1. The van der Waals surface area contributed by atoms with E-state index in [-0.39, 0.29) is 23.7 Å². The maximum Gasteiger partial charge on any atom is 0.239 e. The summed E-state index contributed by atoms with van der Waals surface area (Å²) >= 11 is 0. The summed E-state index contributed by atoms with van der Waals surface area (Å²) in [4.78, 5) is 26.1. The first-order valence-corrected chi connectivity index (χ1v) is 9.24. The van der Waals surface area contributed by atoms with Gasteiger partial charge in [0.25, 0.3) is 0 Å². The van der Waals surface area contributed by atoms with Crippen molar-refractivity contribution in [2.75, 3.05) is 13.6 Å². The minimum absolute atomic E-state index is 0.0404. The molecule has 0 saturated carbocycles. The number of nitrogens with one attached hydrogen (secondary N) is 1. The number of rotatable bonds is 6. The van der Waals surface area contributed by atoms with Crippen LogP contribution in [0.3, 0.4) is 0 Å². The summed E-state index contributed by atoms with van der Waals surface area (Å²) in [6, 6.07) is 4.79. The van der Waals surface area contributed by atoms with Crippen molar-refractivity contribution < 1.29 is 14.0 Å². The van der Waals surface area contributed by atoms with Crippen molar-refractivity contribution in [3.05, 3.63) is 52.6 Å².